The smallest absolute Gasteiger partial charge is 0.335 e. The van der Waals surface area contributed by atoms with Crippen molar-refractivity contribution < 1.29 is 19.4 Å². The lowest BCUT2D eigenvalue weighted by molar-refractivity contribution is 0.0697. The molecule has 0 amide bonds. The van der Waals surface area contributed by atoms with E-state index < -0.39 is 5.97 Å². The van der Waals surface area contributed by atoms with Crippen LogP contribution in [0.25, 0.3) is 0 Å². The summed E-state index contributed by atoms with van der Waals surface area (Å²) < 4.78 is 11.3. The summed E-state index contributed by atoms with van der Waals surface area (Å²) in [5, 5.41) is 13.1. The monoisotopic (exact) mass is 376 g/mol. The highest BCUT2D eigenvalue weighted by molar-refractivity contribution is 5.88. The Morgan fingerprint density at radius 3 is 2.46 bits per heavy atom. The first-order chi connectivity index (χ1) is 13.7. The van der Waals surface area contributed by atoms with Crippen molar-refractivity contribution in [3.63, 3.8) is 0 Å². The van der Waals surface area contributed by atoms with Crippen LogP contribution in [-0.4, -0.2) is 24.4 Å². The first-order valence-corrected chi connectivity index (χ1v) is 8.63. The number of carbonyl (C=O) groups is 1. The van der Waals surface area contributed by atoms with Crippen LogP contribution in [0.3, 0.4) is 0 Å². The van der Waals surface area contributed by atoms with Gasteiger partial charge in [-0.1, -0.05) is 30.3 Å². The molecular weight excluding hydrogens is 356 g/mol. The molecule has 0 unspecified atom stereocenters. The lowest BCUT2D eigenvalue weighted by Crippen LogP contribution is -1.99. The molecule has 28 heavy (non-hydrogen) atoms. The predicted molar refractivity (Wildman–Crippen MR) is 108 cm³/mol. The van der Waals surface area contributed by atoms with E-state index in [0.717, 1.165) is 11.1 Å². The van der Waals surface area contributed by atoms with E-state index >= 15 is 0 Å². The van der Waals surface area contributed by atoms with Gasteiger partial charge in [0.25, 0.3) is 0 Å². The Balaban J connectivity index is 1.66. The number of methoxy groups -OCH3 is 1. The van der Waals surface area contributed by atoms with Crippen LogP contribution in [-0.2, 0) is 6.61 Å². The average molecular weight is 376 g/mol. The Labute approximate surface area is 163 Å². The molecule has 0 atom stereocenters. The van der Waals surface area contributed by atoms with Gasteiger partial charge >= 0.3 is 5.97 Å². The van der Waals surface area contributed by atoms with Gasteiger partial charge in [-0.05, 0) is 53.6 Å². The Morgan fingerprint density at radius 2 is 1.79 bits per heavy atom. The van der Waals surface area contributed by atoms with Crippen LogP contribution in [0.5, 0.6) is 11.5 Å². The molecule has 0 heterocycles. The molecule has 142 valence electrons. The third kappa shape index (κ3) is 5.11. The summed E-state index contributed by atoms with van der Waals surface area (Å²) in [6.45, 7) is 0.436. The number of nitrogens with zero attached hydrogens (tertiary/aromatic N) is 1. The fourth-order valence-corrected chi connectivity index (χ4v) is 2.49. The summed E-state index contributed by atoms with van der Waals surface area (Å²) >= 11 is 0. The largest absolute Gasteiger partial charge is 0.493 e. The molecule has 0 fully saturated rings. The van der Waals surface area contributed by atoms with Gasteiger partial charge in [0.1, 0.15) is 6.61 Å². The third-order valence-electron chi connectivity index (χ3n) is 3.96. The highest BCUT2D eigenvalue weighted by Crippen LogP contribution is 2.28. The maximum atomic E-state index is 10.9. The lowest BCUT2D eigenvalue weighted by Gasteiger charge is -2.11. The number of carboxylic acids is 1. The first-order valence-electron chi connectivity index (χ1n) is 8.63. The molecule has 0 bridgehead atoms. The van der Waals surface area contributed by atoms with Gasteiger partial charge in [-0.15, -0.1) is 0 Å². The van der Waals surface area contributed by atoms with E-state index in [1.165, 1.54) is 12.1 Å². The van der Waals surface area contributed by atoms with Crippen molar-refractivity contribution >= 4 is 17.9 Å². The SMILES string of the molecule is COc1ccc(/C=N/Nc2ccc(C(=O)O)cc2)cc1OCc1ccccc1. The van der Waals surface area contributed by atoms with Crippen molar-refractivity contribution in [2.45, 2.75) is 6.61 Å². The molecule has 0 aliphatic heterocycles. The molecule has 0 radical (unpaired) electrons. The van der Waals surface area contributed by atoms with Crippen molar-refractivity contribution in [2.75, 3.05) is 12.5 Å². The van der Waals surface area contributed by atoms with Gasteiger partial charge in [-0.25, -0.2) is 4.79 Å². The Morgan fingerprint density at radius 1 is 1.04 bits per heavy atom. The topological polar surface area (TPSA) is 80.2 Å². The molecule has 3 aromatic rings. The van der Waals surface area contributed by atoms with E-state index in [1.807, 2.05) is 48.5 Å². The molecule has 6 nitrogen and oxygen atoms in total. The number of benzene rings is 3. The lowest BCUT2D eigenvalue weighted by atomic mass is 10.2. The minimum Gasteiger partial charge on any atom is -0.493 e. The summed E-state index contributed by atoms with van der Waals surface area (Å²) in [5.41, 5.74) is 5.68. The van der Waals surface area contributed by atoms with Gasteiger partial charge in [0.2, 0.25) is 0 Å². The number of carboxylic acid groups (broad SMARTS) is 1. The Bertz CT molecular complexity index is 954. The van der Waals surface area contributed by atoms with E-state index in [9.17, 15) is 4.79 Å². The molecule has 0 saturated heterocycles. The summed E-state index contributed by atoms with van der Waals surface area (Å²) in [5.74, 6) is 0.308. The molecule has 0 saturated carbocycles. The first kappa shape index (κ1) is 19.0. The molecule has 0 aliphatic rings. The summed E-state index contributed by atoms with van der Waals surface area (Å²) in [4.78, 5) is 10.9. The van der Waals surface area contributed by atoms with Crippen LogP contribution >= 0.6 is 0 Å². The number of aromatic carboxylic acids is 1. The van der Waals surface area contributed by atoms with Crippen LogP contribution in [0.15, 0.2) is 77.9 Å². The standard InChI is InChI=1S/C22H20N2O4/c1-27-20-12-7-17(13-21(20)28-15-16-5-3-2-4-6-16)14-23-24-19-10-8-18(9-11-19)22(25)26/h2-14,24H,15H2,1H3,(H,25,26)/b23-14+. The number of anilines is 1. The maximum Gasteiger partial charge on any atom is 0.335 e. The number of rotatable bonds is 8. The Kier molecular flexibility index (Phi) is 6.25. The molecule has 0 spiro atoms. The van der Waals surface area contributed by atoms with Crippen LogP contribution in [0, 0.1) is 0 Å². The van der Waals surface area contributed by atoms with Crippen molar-refractivity contribution in [3.8, 4) is 11.5 Å². The van der Waals surface area contributed by atoms with Crippen molar-refractivity contribution in [2.24, 2.45) is 5.10 Å². The van der Waals surface area contributed by atoms with Crippen molar-refractivity contribution in [3.05, 3.63) is 89.5 Å². The van der Waals surface area contributed by atoms with Gasteiger partial charge < -0.3 is 14.6 Å². The minimum atomic E-state index is -0.962. The normalized spacial score (nSPS) is 10.6. The van der Waals surface area contributed by atoms with E-state index in [4.69, 9.17) is 14.6 Å². The highest BCUT2D eigenvalue weighted by Gasteiger charge is 2.06. The fraction of sp³-hybridized carbons (Fsp3) is 0.0909. The zero-order valence-corrected chi connectivity index (χ0v) is 15.3. The second-order valence-corrected chi connectivity index (χ2v) is 5.94. The van der Waals surface area contributed by atoms with Gasteiger partial charge in [-0.2, -0.15) is 5.10 Å². The average Bonchev–Trinajstić information content (AvgIpc) is 2.73. The van der Waals surface area contributed by atoms with Crippen molar-refractivity contribution in [1.82, 2.24) is 0 Å². The van der Waals surface area contributed by atoms with Gasteiger partial charge in [0.15, 0.2) is 11.5 Å². The zero-order valence-electron chi connectivity index (χ0n) is 15.3. The number of nitrogens with one attached hydrogen (secondary N) is 1. The fourth-order valence-electron chi connectivity index (χ4n) is 2.49. The summed E-state index contributed by atoms with van der Waals surface area (Å²) in [6, 6.07) is 21.8. The molecule has 6 heteroatoms. The molecule has 3 rings (SSSR count). The molecule has 0 aliphatic carbocycles. The summed E-state index contributed by atoms with van der Waals surface area (Å²) in [6.07, 6.45) is 1.65. The third-order valence-corrected chi connectivity index (χ3v) is 3.96. The quantitative estimate of drug-likeness (QED) is 0.449. The van der Waals surface area contributed by atoms with Crippen LogP contribution in [0.1, 0.15) is 21.5 Å². The minimum absolute atomic E-state index is 0.227. The predicted octanol–water partition coefficient (Wildman–Crippen LogP) is 4.42. The Hall–Kier alpha value is -3.80. The van der Waals surface area contributed by atoms with Crippen molar-refractivity contribution in [1.29, 1.82) is 0 Å². The highest BCUT2D eigenvalue weighted by atomic mass is 16.5. The number of hydrazone groups is 1. The van der Waals surface area contributed by atoms with E-state index in [-0.39, 0.29) is 5.56 Å². The molecule has 0 aromatic heterocycles. The van der Waals surface area contributed by atoms with E-state index in [0.29, 0.717) is 23.8 Å². The molecule has 3 aromatic carbocycles. The van der Waals surface area contributed by atoms with Crippen LogP contribution in [0.2, 0.25) is 0 Å². The second-order valence-electron chi connectivity index (χ2n) is 5.94. The zero-order chi connectivity index (χ0) is 19.8. The number of hydrogen-bond donors (Lipinski definition) is 2. The van der Waals surface area contributed by atoms with Gasteiger partial charge in [0, 0.05) is 0 Å². The van der Waals surface area contributed by atoms with Gasteiger partial charge in [0.05, 0.1) is 24.6 Å². The number of ether oxygens (including phenoxy) is 2. The van der Waals surface area contributed by atoms with Crippen LogP contribution < -0.4 is 14.9 Å². The van der Waals surface area contributed by atoms with Crippen LogP contribution in [0.4, 0.5) is 5.69 Å². The maximum absolute atomic E-state index is 10.9. The number of hydrogen-bond acceptors (Lipinski definition) is 5. The van der Waals surface area contributed by atoms with E-state index in [2.05, 4.69) is 10.5 Å². The molecular formula is C22H20N2O4. The molecule has 2 N–H and O–H groups in total. The van der Waals surface area contributed by atoms with E-state index in [1.54, 1.807) is 25.5 Å². The summed E-state index contributed by atoms with van der Waals surface area (Å²) in [7, 11) is 1.60. The second kappa shape index (κ2) is 9.23. The van der Waals surface area contributed by atoms with Gasteiger partial charge in [-0.3, -0.25) is 5.43 Å².